The van der Waals surface area contributed by atoms with Gasteiger partial charge in [0.05, 0.1) is 12.1 Å². The first kappa shape index (κ1) is 13.4. The molecular formula is C13H15ClN4O2. The monoisotopic (exact) mass is 294 g/mol. The maximum Gasteiger partial charge on any atom is 0.271 e. The van der Waals surface area contributed by atoms with Crippen molar-refractivity contribution < 1.29 is 9.53 Å². The molecule has 0 saturated carbocycles. The van der Waals surface area contributed by atoms with Crippen LogP contribution in [-0.4, -0.2) is 47.6 Å². The number of rotatable bonds is 3. The lowest BCUT2D eigenvalue weighted by atomic mass is 10.2. The van der Waals surface area contributed by atoms with Crippen molar-refractivity contribution in [1.29, 1.82) is 0 Å². The van der Waals surface area contributed by atoms with Gasteiger partial charge in [0.1, 0.15) is 5.65 Å². The van der Waals surface area contributed by atoms with Crippen molar-refractivity contribution in [3.8, 4) is 0 Å². The summed E-state index contributed by atoms with van der Waals surface area (Å²) in [7, 11) is 1.64. The molecule has 0 bridgehead atoms. The number of pyridine rings is 1. The smallest absolute Gasteiger partial charge is 0.271 e. The number of fused-ring (bicyclic) bond motifs is 1. The molecule has 2 unspecified atom stereocenters. The summed E-state index contributed by atoms with van der Waals surface area (Å²) in [6.45, 7) is 1.40. The summed E-state index contributed by atoms with van der Waals surface area (Å²) in [5.41, 5.74) is 1.000. The average Bonchev–Trinajstić information content (AvgIpc) is 3.01. The maximum absolute atomic E-state index is 12.4. The van der Waals surface area contributed by atoms with Crippen LogP contribution in [0.3, 0.4) is 0 Å². The van der Waals surface area contributed by atoms with E-state index in [9.17, 15) is 4.79 Å². The van der Waals surface area contributed by atoms with Crippen LogP contribution in [0.4, 0.5) is 0 Å². The Bertz CT molecular complexity index is 642. The fourth-order valence-electron chi connectivity index (χ4n) is 2.45. The summed E-state index contributed by atoms with van der Waals surface area (Å²) in [6.07, 6.45) is 1.74. The van der Waals surface area contributed by atoms with Crippen LogP contribution >= 0.6 is 11.6 Å². The highest BCUT2D eigenvalue weighted by Gasteiger charge is 2.30. The second-order valence-electron chi connectivity index (χ2n) is 4.69. The lowest BCUT2D eigenvalue weighted by Crippen LogP contribution is -2.44. The number of nitrogens with zero attached hydrogens (tertiary/aromatic N) is 2. The van der Waals surface area contributed by atoms with Crippen LogP contribution in [0, 0.1) is 0 Å². The summed E-state index contributed by atoms with van der Waals surface area (Å²) >= 11 is 6.08. The first-order valence-corrected chi connectivity index (χ1v) is 6.75. The molecule has 2 atom stereocenters. The number of aromatic nitrogens is 2. The molecule has 1 aliphatic heterocycles. The molecule has 0 aliphatic carbocycles. The Labute approximate surface area is 121 Å². The van der Waals surface area contributed by atoms with Gasteiger partial charge in [-0.2, -0.15) is 0 Å². The second kappa shape index (κ2) is 5.40. The van der Waals surface area contributed by atoms with Crippen LogP contribution < -0.4 is 10.6 Å². The Hall–Kier alpha value is -1.63. The summed E-state index contributed by atoms with van der Waals surface area (Å²) in [6, 6.07) is 5.41. The van der Waals surface area contributed by atoms with E-state index in [0.29, 0.717) is 17.9 Å². The SMILES string of the molecule is COC1CNCC1NC(=O)c1c(Cl)nc2ccccn12. The minimum atomic E-state index is -0.246. The second-order valence-corrected chi connectivity index (χ2v) is 5.05. The Kier molecular flexibility index (Phi) is 3.60. The van der Waals surface area contributed by atoms with Gasteiger partial charge >= 0.3 is 0 Å². The van der Waals surface area contributed by atoms with Gasteiger partial charge in [0.25, 0.3) is 5.91 Å². The predicted molar refractivity (Wildman–Crippen MR) is 75.1 cm³/mol. The molecule has 3 rings (SSSR count). The molecule has 2 aromatic heterocycles. The van der Waals surface area contributed by atoms with Crippen LogP contribution in [0.15, 0.2) is 24.4 Å². The predicted octanol–water partition coefficient (Wildman–Crippen LogP) is 0.704. The Balaban J connectivity index is 1.87. The molecule has 1 aliphatic rings. The van der Waals surface area contributed by atoms with Crippen LogP contribution in [-0.2, 0) is 4.74 Å². The molecule has 2 aromatic rings. The third-order valence-electron chi connectivity index (χ3n) is 3.48. The van der Waals surface area contributed by atoms with E-state index in [1.807, 2.05) is 12.1 Å². The van der Waals surface area contributed by atoms with Gasteiger partial charge in [0.15, 0.2) is 10.8 Å². The van der Waals surface area contributed by atoms with Crippen molar-refractivity contribution in [2.24, 2.45) is 0 Å². The van der Waals surface area contributed by atoms with Gasteiger partial charge < -0.3 is 15.4 Å². The normalized spacial score (nSPS) is 22.3. The van der Waals surface area contributed by atoms with Crippen LogP contribution in [0.2, 0.25) is 5.15 Å². The number of carbonyl (C=O) groups excluding carboxylic acids is 1. The van der Waals surface area contributed by atoms with Crippen LogP contribution in [0.1, 0.15) is 10.5 Å². The van der Waals surface area contributed by atoms with Crippen LogP contribution in [0.25, 0.3) is 5.65 Å². The van der Waals surface area contributed by atoms with E-state index in [1.165, 1.54) is 0 Å². The van der Waals surface area contributed by atoms with Crippen molar-refractivity contribution >= 4 is 23.2 Å². The lowest BCUT2D eigenvalue weighted by Gasteiger charge is -2.18. The topological polar surface area (TPSA) is 67.7 Å². The van der Waals surface area contributed by atoms with E-state index in [0.717, 1.165) is 6.54 Å². The quantitative estimate of drug-likeness (QED) is 0.875. The van der Waals surface area contributed by atoms with E-state index < -0.39 is 0 Å². The zero-order valence-electron chi connectivity index (χ0n) is 11.0. The first-order valence-electron chi connectivity index (χ1n) is 6.37. The van der Waals surface area contributed by atoms with Crippen molar-refractivity contribution in [3.05, 3.63) is 35.2 Å². The van der Waals surface area contributed by atoms with E-state index in [4.69, 9.17) is 16.3 Å². The molecule has 0 aromatic carbocycles. The number of amides is 1. The zero-order valence-corrected chi connectivity index (χ0v) is 11.7. The number of halogens is 1. The molecule has 1 amide bonds. The zero-order chi connectivity index (χ0) is 14.1. The van der Waals surface area contributed by atoms with Gasteiger partial charge in [-0.05, 0) is 12.1 Å². The highest BCUT2D eigenvalue weighted by molar-refractivity contribution is 6.32. The molecule has 7 heteroatoms. The average molecular weight is 295 g/mol. The Morgan fingerprint density at radius 3 is 3.20 bits per heavy atom. The van der Waals surface area contributed by atoms with Gasteiger partial charge in [-0.1, -0.05) is 17.7 Å². The number of hydrogen-bond donors (Lipinski definition) is 2. The molecule has 6 nitrogen and oxygen atoms in total. The molecule has 2 N–H and O–H groups in total. The molecule has 0 spiro atoms. The molecule has 20 heavy (non-hydrogen) atoms. The van der Waals surface area contributed by atoms with Crippen molar-refractivity contribution in [2.45, 2.75) is 12.1 Å². The highest BCUT2D eigenvalue weighted by Crippen LogP contribution is 2.18. The molecule has 1 fully saturated rings. The number of imidazole rings is 1. The maximum atomic E-state index is 12.4. The molecule has 3 heterocycles. The lowest BCUT2D eigenvalue weighted by molar-refractivity contribution is 0.0776. The highest BCUT2D eigenvalue weighted by atomic mass is 35.5. The van der Waals surface area contributed by atoms with E-state index in [-0.39, 0.29) is 23.2 Å². The molecule has 0 radical (unpaired) electrons. The fourth-order valence-corrected chi connectivity index (χ4v) is 2.72. The molecule has 106 valence electrons. The number of nitrogens with one attached hydrogen (secondary N) is 2. The minimum Gasteiger partial charge on any atom is -0.378 e. The molecular weight excluding hydrogens is 280 g/mol. The summed E-state index contributed by atoms with van der Waals surface area (Å²) < 4.78 is 7.01. The van der Waals surface area contributed by atoms with Crippen molar-refractivity contribution in [3.63, 3.8) is 0 Å². The fraction of sp³-hybridized carbons (Fsp3) is 0.385. The van der Waals surface area contributed by atoms with Gasteiger partial charge in [-0.25, -0.2) is 4.98 Å². The summed E-state index contributed by atoms with van der Waals surface area (Å²) in [5, 5.41) is 6.33. The largest absolute Gasteiger partial charge is 0.378 e. The Morgan fingerprint density at radius 2 is 2.40 bits per heavy atom. The Morgan fingerprint density at radius 1 is 1.55 bits per heavy atom. The van der Waals surface area contributed by atoms with Gasteiger partial charge in [-0.15, -0.1) is 0 Å². The first-order chi connectivity index (χ1) is 9.70. The number of ether oxygens (including phenoxy) is 1. The standard InChI is InChI=1S/C13H15ClN4O2/c1-20-9-7-15-6-8(9)16-13(19)11-12(14)17-10-4-2-3-5-18(10)11/h2-5,8-9,15H,6-7H2,1H3,(H,16,19). The van der Waals surface area contributed by atoms with E-state index in [1.54, 1.807) is 23.8 Å². The minimum absolute atomic E-state index is 0.0306. The van der Waals surface area contributed by atoms with Crippen LogP contribution in [0.5, 0.6) is 0 Å². The van der Waals surface area contributed by atoms with Crippen molar-refractivity contribution in [2.75, 3.05) is 20.2 Å². The number of methoxy groups -OCH3 is 1. The van der Waals surface area contributed by atoms with Crippen molar-refractivity contribution in [1.82, 2.24) is 20.0 Å². The van der Waals surface area contributed by atoms with Gasteiger partial charge in [0.2, 0.25) is 0 Å². The molecule has 1 saturated heterocycles. The number of carbonyl (C=O) groups is 1. The van der Waals surface area contributed by atoms with Gasteiger partial charge in [0, 0.05) is 26.4 Å². The third kappa shape index (κ3) is 2.26. The summed E-state index contributed by atoms with van der Waals surface area (Å²) in [5.74, 6) is -0.246. The van der Waals surface area contributed by atoms with Gasteiger partial charge in [-0.3, -0.25) is 9.20 Å². The summed E-state index contributed by atoms with van der Waals surface area (Å²) in [4.78, 5) is 16.6. The van der Waals surface area contributed by atoms with E-state index in [2.05, 4.69) is 15.6 Å². The number of hydrogen-bond acceptors (Lipinski definition) is 4. The third-order valence-corrected chi connectivity index (χ3v) is 3.74. The van der Waals surface area contributed by atoms with E-state index >= 15 is 0 Å².